The summed E-state index contributed by atoms with van der Waals surface area (Å²) in [7, 11) is 0. The molecule has 5 heteroatoms. The Hall–Kier alpha value is -1.39. The van der Waals surface area contributed by atoms with Gasteiger partial charge in [-0.15, -0.1) is 0 Å². The van der Waals surface area contributed by atoms with E-state index in [1.165, 1.54) is 0 Å². The van der Waals surface area contributed by atoms with Crippen LogP contribution in [0.3, 0.4) is 0 Å². The zero-order valence-corrected chi connectivity index (χ0v) is 6.72. The van der Waals surface area contributed by atoms with Gasteiger partial charge in [-0.05, 0) is 6.42 Å². The van der Waals surface area contributed by atoms with Crippen LogP contribution in [-0.2, 0) is 9.59 Å². The van der Waals surface area contributed by atoms with Gasteiger partial charge in [-0.3, -0.25) is 10.1 Å². The van der Waals surface area contributed by atoms with Gasteiger partial charge in [-0.1, -0.05) is 13.3 Å². The Kier molecular flexibility index (Phi) is 2.12. The second kappa shape index (κ2) is 2.92. The van der Waals surface area contributed by atoms with Crippen molar-refractivity contribution in [3.05, 3.63) is 0 Å². The second-order valence-electron chi connectivity index (χ2n) is 2.75. The summed E-state index contributed by atoms with van der Waals surface area (Å²) in [4.78, 5) is 32.4. The van der Waals surface area contributed by atoms with Crippen molar-refractivity contribution in [2.75, 3.05) is 0 Å². The maximum absolute atomic E-state index is 11.1. The fraction of sp³-hybridized carbons (Fsp3) is 0.571. The van der Waals surface area contributed by atoms with E-state index in [1.807, 2.05) is 12.2 Å². The number of hydrogen-bond acceptors (Lipinski definition) is 3. The number of carbonyl (C=O) groups excluding carboxylic acids is 3. The van der Waals surface area contributed by atoms with E-state index in [1.54, 1.807) is 0 Å². The highest BCUT2D eigenvalue weighted by atomic mass is 16.2. The molecule has 5 nitrogen and oxygen atoms in total. The fourth-order valence-electron chi connectivity index (χ4n) is 1.22. The lowest BCUT2D eigenvalue weighted by molar-refractivity contribution is -0.129. The molecule has 2 N–H and O–H groups in total. The van der Waals surface area contributed by atoms with Gasteiger partial charge in [0.2, 0.25) is 0 Å². The van der Waals surface area contributed by atoms with E-state index in [-0.39, 0.29) is 0 Å². The normalized spacial score (nSPS) is 28.1. The summed E-state index contributed by atoms with van der Waals surface area (Å²) in [5.74, 6) is -0.552. The lowest BCUT2D eigenvalue weighted by Gasteiger charge is -2.16. The quantitative estimate of drug-likeness (QED) is 0.342. The van der Waals surface area contributed by atoms with Crippen molar-refractivity contribution in [3.8, 4) is 0 Å². The first kappa shape index (κ1) is 8.70. The van der Waals surface area contributed by atoms with E-state index < -0.39 is 17.5 Å². The molecule has 3 amide bonds. The predicted octanol–water partition coefficient (Wildman–Crippen LogP) is -0.436. The molecular weight excluding hydrogens is 160 g/mol. The summed E-state index contributed by atoms with van der Waals surface area (Å²) < 4.78 is 0. The number of carbonyl (C=O) groups is 3. The minimum atomic E-state index is -1.31. The van der Waals surface area contributed by atoms with Crippen molar-refractivity contribution in [3.63, 3.8) is 0 Å². The molecule has 66 valence electrons. The molecule has 1 heterocycles. The number of rotatable bonds is 3. The van der Waals surface area contributed by atoms with E-state index in [0.717, 1.165) is 0 Å². The Balaban J connectivity index is 2.85. The van der Waals surface area contributed by atoms with Gasteiger partial charge in [0.05, 0.1) is 0 Å². The van der Waals surface area contributed by atoms with E-state index in [2.05, 4.69) is 5.32 Å². The molecule has 0 bridgehead atoms. The van der Waals surface area contributed by atoms with Crippen molar-refractivity contribution in [2.45, 2.75) is 25.3 Å². The largest absolute Gasteiger partial charge is 0.322 e. The SMILES string of the molecule is CCC[C@@]1(C=O)NC(=O)NC1=O. The average Bonchev–Trinajstić information content (AvgIpc) is 2.28. The standard InChI is InChI=1S/C7H10N2O3/c1-2-3-7(4-10)5(11)8-6(12)9-7/h4H,2-3H2,1H3,(H2,8,9,11,12)/t7-/m0/s1. The molecule has 1 saturated heterocycles. The van der Waals surface area contributed by atoms with Crippen LogP contribution >= 0.6 is 0 Å². The van der Waals surface area contributed by atoms with E-state index in [4.69, 9.17) is 0 Å². The third-order valence-electron chi connectivity index (χ3n) is 1.81. The highest BCUT2D eigenvalue weighted by Gasteiger charge is 2.45. The van der Waals surface area contributed by atoms with Crippen LogP contribution in [0.2, 0.25) is 0 Å². The third-order valence-corrected chi connectivity index (χ3v) is 1.81. The monoisotopic (exact) mass is 170 g/mol. The molecule has 0 aliphatic carbocycles. The summed E-state index contributed by atoms with van der Waals surface area (Å²) in [6.45, 7) is 1.84. The van der Waals surface area contributed by atoms with Gasteiger partial charge in [-0.25, -0.2) is 4.79 Å². The van der Waals surface area contributed by atoms with Crippen molar-refractivity contribution < 1.29 is 14.4 Å². The number of hydrogen-bond donors (Lipinski definition) is 2. The molecule has 12 heavy (non-hydrogen) atoms. The van der Waals surface area contributed by atoms with Crippen LogP contribution in [0.15, 0.2) is 0 Å². The van der Waals surface area contributed by atoms with Gasteiger partial charge in [0, 0.05) is 0 Å². The summed E-state index contributed by atoms with van der Waals surface area (Å²) in [5, 5.41) is 4.32. The first-order chi connectivity index (χ1) is 5.64. The Morgan fingerprint density at radius 3 is 2.50 bits per heavy atom. The van der Waals surface area contributed by atoms with Crippen molar-refractivity contribution >= 4 is 18.2 Å². The molecule has 1 aliphatic heterocycles. The smallest absolute Gasteiger partial charge is 0.317 e. The average molecular weight is 170 g/mol. The van der Waals surface area contributed by atoms with E-state index in [9.17, 15) is 14.4 Å². The van der Waals surface area contributed by atoms with Crippen LogP contribution in [0.25, 0.3) is 0 Å². The Morgan fingerprint density at radius 2 is 2.17 bits per heavy atom. The van der Waals surface area contributed by atoms with Crippen molar-refractivity contribution in [2.24, 2.45) is 0 Å². The van der Waals surface area contributed by atoms with Crippen LogP contribution in [0.1, 0.15) is 19.8 Å². The lowest BCUT2D eigenvalue weighted by atomic mass is 9.96. The highest BCUT2D eigenvalue weighted by molar-refractivity contribution is 6.15. The second-order valence-corrected chi connectivity index (χ2v) is 2.75. The summed E-state index contributed by atoms with van der Waals surface area (Å²) >= 11 is 0. The van der Waals surface area contributed by atoms with Crippen LogP contribution in [0.5, 0.6) is 0 Å². The van der Waals surface area contributed by atoms with Crippen LogP contribution < -0.4 is 10.6 Å². The van der Waals surface area contributed by atoms with Gasteiger partial charge in [0.15, 0.2) is 11.8 Å². The van der Waals surface area contributed by atoms with Crippen molar-refractivity contribution in [1.29, 1.82) is 0 Å². The van der Waals surface area contributed by atoms with Gasteiger partial charge < -0.3 is 10.1 Å². The molecule has 0 radical (unpaired) electrons. The molecule has 1 aliphatic rings. The third kappa shape index (κ3) is 1.17. The maximum Gasteiger partial charge on any atom is 0.322 e. The van der Waals surface area contributed by atoms with Gasteiger partial charge in [0.1, 0.15) is 0 Å². The molecule has 0 aromatic heterocycles. The summed E-state index contributed by atoms with van der Waals surface area (Å²) in [5.41, 5.74) is -1.31. The number of nitrogens with one attached hydrogen (secondary N) is 2. The highest BCUT2D eigenvalue weighted by Crippen LogP contribution is 2.14. The summed E-state index contributed by atoms with van der Waals surface area (Å²) in [6.07, 6.45) is 1.48. The topological polar surface area (TPSA) is 75.3 Å². The Morgan fingerprint density at radius 1 is 1.50 bits per heavy atom. The van der Waals surface area contributed by atoms with Crippen LogP contribution in [0.4, 0.5) is 4.79 Å². The van der Waals surface area contributed by atoms with Gasteiger partial charge in [-0.2, -0.15) is 0 Å². The molecule has 0 aromatic carbocycles. The lowest BCUT2D eigenvalue weighted by Crippen LogP contribution is -2.48. The van der Waals surface area contributed by atoms with Crippen LogP contribution in [-0.4, -0.2) is 23.8 Å². The maximum atomic E-state index is 11.1. The predicted molar refractivity (Wildman–Crippen MR) is 40.4 cm³/mol. The Bertz CT molecular complexity index is 239. The number of urea groups is 1. The fourth-order valence-corrected chi connectivity index (χ4v) is 1.22. The summed E-state index contributed by atoms with van der Waals surface area (Å²) in [6, 6.07) is -0.597. The van der Waals surface area contributed by atoms with Crippen LogP contribution in [0, 0.1) is 0 Å². The first-order valence-corrected chi connectivity index (χ1v) is 3.74. The van der Waals surface area contributed by atoms with Gasteiger partial charge >= 0.3 is 6.03 Å². The van der Waals surface area contributed by atoms with E-state index >= 15 is 0 Å². The number of imide groups is 1. The first-order valence-electron chi connectivity index (χ1n) is 3.74. The minimum Gasteiger partial charge on any atom is -0.317 e. The molecule has 0 spiro atoms. The molecule has 0 unspecified atom stereocenters. The minimum absolute atomic E-state index is 0.341. The molecule has 0 aromatic rings. The molecule has 0 saturated carbocycles. The molecule has 1 rings (SSSR count). The zero-order valence-electron chi connectivity index (χ0n) is 6.72. The molecule has 1 atom stereocenters. The molecular formula is C7H10N2O3. The van der Waals surface area contributed by atoms with Crippen molar-refractivity contribution in [1.82, 2.24) is 10.6 Å². The zero-order chi connectivity index (χ0) is 9.19. The van der Waals surface area contributed by atoms with Gasteiger partial charge in [0.25, 0.3) is 5.91 Å². The van der Waals surface area contributed by atoms with E-state index in [0.29, 0.717) is 19.1 Å². The number of aldehydes is 1. The molecule has 1 fully saturated rings. The Labute approximate surface area is 69.5 Å². The number of amides is 3.